The molecular weight excluding hydrogens is 1400 g/mol. The van der Waals surface area contributed by atoms with E-state index in [4.69, 9.17) is 0 Å². The van der Waals surface area contributed by atoms with E-state index in [-0.39, 0.29) is 0 Å². The van der Waals surface area contributed by atoms with Gasteiger partial charge in [0, 0.05) is 49.9 Å². The van der Waals surface area contributed by atoms with Gasteiger partial charge in [0.05, 0.1) is 43.9 Å². The van der Waals surface area contributed by atoms with E-state index in [1.807, 2.05) is 0 Å². The number of hydrogen-bond acceptors (Lipinski definition) is 0. The number of hydrogen-bond donors (Lipinski definition) is 0. The van der Waals surface area contributed by atoms with Crippen LogP contribution in [0.5, 0.6) is 0 Å². The highest BCUT2D eigenvalue weighted by Gasteiger charge is 2.54. The first kappa shape index (κ1) is 64.7. The molecule has 4 aliphatic rings. The van der Waals surface area contributed by atoms with E-state index < -0.39 is 10.8 Å². The first-order chi connectivity index (χ1) is 57.5. The second-order valence-corrected chi connectivity index (χ2v) is 31.9. The van der Waals surface area contributed by atoms with Crippen LogP contribution in [0.15, 0.2) is 412 Å². The average Bonchev–Trinajstić information content (AvgIpc) is 1.52. The van der Waals surface area contributed by atoms with Crippen LogP contribution in [0.3, 0.4) is 0 Å². The molecule has 25 rings (SSSR count). The zero-order valence-electron chi connectivity index (χ0n) is 63.6. The number of fused-ring (bicyclic) bond motifs is 28. The van der Waals surface area contributed by atoms with Crippen LogP contribution < -0.4 is 0 Å². The maximum atomic E-state index is 2.51. The fourth-order valence-electron chi connectivity index (χ4n) is 21.9. The van der Waals surface area contributed by atoms with Crippen LogP contribution in [0.1, 0.15) is 51.4 Å². The molecule has 3 heterocycles. The maximum Gasteiger partial charge on any atom is 0.0726 e. The highest BCUT2D eigenvalue weighted by molar-refractivity contribution is 6.22. The minimum atomic E-state index is -0.454. The minimum absolute atomic E-state index is 0.404. The lowest BCUT2D eigenvalue weighted by Gasteiger charge is -2.30. The normalized spacial score (nSPS) is 14.6. The van der Waals surface area contributed by atoms with Crippen molar-refractivity contribution in [3.63, 3.8) is 0 Å². The molecule has 21 aromatic rings. The van der Waals surface area contributed by atoms with Gasteiger partial charge in [0.25, 0.3) is 0 Å². The molecular formula is C113H71N3. The molecule has 0 unspecified atom stereocenters. The molecule has 0 aliphatic heterocycles. The van der Waals surface area contributed by atoms with E-state index in [0.29, 0.717) is 0 Å². The predicted octanol–water partition coefficient (Wildman–Crippen LogP) is 29.1. The van der Waals surface area contributed by atoms with Crippen molar-refractivity contribution in [1.82, 2.24) is 13.7 Å². The van der Waals surface area contributed by atoms with Gasteiger partial charge in [-0.05, 0) is 253 Å². The molecule has 4 aliphatic carbocycles. The van der Waals surface area contributed by atoms with Crippen molar-refractivity contribution in [2.24, 2.45) is 0 Å². The number of benzene rings is 18. The average molecular weight is 1470 g/mol. The van der Waals surface area contributed by atoms with E-state index in [0.717, 1.165) is 50.1 Å². The summed E-state index contributed by atoms with van der Waals surface area (Å²) >= 11 is 0. The van der Waals surface area contributed by atoms with E-state index in [1.165, 1.54) is 182 Å². The molecule has 0 radical (unpaired) electrons. The number of allylic oxidation sites excluding steroid dienone is 5. The Bertz CT molecular complexity index is 7790. The summed E-state index contributed by atoms with van der Waals surface area (Å²) in [5, 5.41) is 12.2. The summed E-state index contributed by atoms with van der Waals surface area (Å²) in [5.41, 5.74) is 39.0. The zero-order valence-corrected chi connectivity index (χ0v) is 63.6. The SMILES string of the molecule is C\C=C1/C(=C\C=C\n2c3ccccc3c3cc(-c4ccc5c(c4)c4cc(-c6ccc7c(c6)c6ccccc6n7-c6ccc7c(c6)C6(c8ccccc8-c8ccccc86)c6ccccc6-7)ccc4n5-c4ccc(-c5c6ccccc6c(-c6ccccc6)c6ccccc56)cc4)ccc32)c2ccccc2C12c1ccccc1-c1ccccc12. The molecule has 538 valence electrons. The van der Waals surface area contributed by atoms with E-state index >= 15 is 0 Å². The van der Waals surface area contributed by atoms with Crippen LogP contribution in [0.4, 0.5) is 0 Å². The monoisotopic (exact) mass is 1470 g/mol. The van der Waals surface area contributed by atoms with Crippen LogP contribution in [-0.4, -0.2) is 13.7 Å². The highest BCUT2D eigenvalue weighted by Crippen LogP contribution is 2.65. The van der Waals surface area contributed by atoms with E-state index in [9.17, 15) is 0 Å². The number of rotatable bonds is 8. The van der Waals surface area contributed by atoms with E-state index in [1.54, 1.807) is 0 Å². The van der Waals surface area contributed by atoms with Crippen molar-refractivity contribution in [3.05, 3.63) is 457 Å². The van der Waals surface area contributed by atoms with Crippen LogP contribution in [0.25, 0.3) is 188 Å². The summed E-state index contributed by atoms with van der Waals surface area (Å²) in [4.78, 5) is 0. The maximum absolute atomic E-state index is 2.51. The topological polar surface area (TPSA) is 14.8 Å². The molecule has 2 spiro atoms. The second kappa shape index (κ2) is 24.6. The smallest absolute Gasteiger partial charge is 0.0726 e. The first-order valence-electron chi connectivity index (χ1n) is 40.6. The molecule has 3 heteroatoms. The summed E-state index contributed by atoms with van der Waals surface area (Å²) in [6.45, 7) is 2.22. The number of nitrogens with zero attached hydrogens (tertiary/aromatic N) is 3. The molecule has 18 aromatic carbocycles. The lowest BCUT2D eigenvalue weighted by Crippen LogP contribution is -2.26. The first-order valence-corrected chi connectivity index (χ1v) is 40.6. The largest absolute Gasteiger partial charge is 0.316 e. The Morgan fingerprint density at radius 2 is 0.543 bits per heavy atom. The van der Waals surface area contributed by atoms with Crippen molar-refractivity contribution >= 4 is 98.7 Å². The number of aromatic nitrogens is 3. The Labute approximate surface area is 671 Å². The lowest BCUT2D eigenvalue weighted by molar-refractivity contribution is 0.792. The van der Waals surface area contributed by atoms with Crippen LogP contribution in [0, 0.1) is 0 Å². The third-order valence-electron chi connectivity index (χ3n) is 26.5. The molecule has 116 heavy (non-hydrogen) atoms. The lowest BCUT2D eigenvalue weighted by atomic mass is 9.70. The summed E-state index contributed by atoms with van der Waals surface area (Å²) in [7, 11) is 0. The van der Waals surface area contributed by atoms with Crippen molar-refractivity contribution in [2.75, 3.05) is 0 Å². The fraction of sp³-hybridized carbons (Fsp3) is 0.0265. The summed E-state index contributed by atoms with van der Waals surface area (Å²) in [5.74, 6) is 0. The quantitative estimate of drug-likeness (QED) is 0.135. The van der Waals surface area contributed by atoms with Crippen molar-refractivity contribution in [2.45, 2.75) is 17.8 Å². The van der Waals surface area contributed by atoms with Gasteiger partial charge < -0.3 is 13.7 Å². The van der Waals surface area contributed by atoms with Crippen molar-refractivity contribution in [1.29, 1.82) is 0 Å². The Balaban J connectivity index is 0.632. The minimum Gasteiger partial charge on any atom is -0.316 e. The molecule has 0 amide bonds. The fourth-order valence-corrected chi connectivity index (χ4v) is 21.9. The van der Waals surface area contributed by atoms with Crippen LogP contribution in [0.2, 0.25) is 0 Å². The molecule has 0 atom stereocenters. The third kappa shape index (κ3) is 8.75. The summed E-state index contributed by atoms with van der Waals surface area (Å²) < 4.78 is 7.38. The van der Waals surface area contributed by atoms with Crippen LogP contribution >= 0.6 is 0 Å². The second-order valence-electron chi connectivity index (χ2n) is 31.9. The molecule has 0 saturated heterocycles. The van der Waals surface area contributed by atoms with Gasteiger partial charge >= 0.3 is 0 Å². The summed E-state index contributed by atoms with van der Waals surface area (Å²) in [6.07, 6.45) is 9.27. The Kier molecular flexibility index (Phi) is 13.7. The highest BCUT2D eigenvalue weighted by atomic mass is 15.0. The van der Waals surface area contributed by atoms with Crippen molar-refractivity contribution in [3.8, 4) is 89.3 Å². The van der Waals surface area contributed by atoms with Gasteiger partial charge in [0.15, 0.2) is 0 Å². The van der Waals surface area contributed by atoms with Gasteiger partial charge in [-0.25, -0.2) is 0 Å². The van der Waals surface area contributed by atoms with Crippen LogP contribution in [-0.2, 0) is 10.8 Å². The Morgan fingerprint density at radius 1 is 0.224 bits per heavy atom. The third-order valence-corrected chi connectivity index (χ3v) is 26.5. The molecule has 0 bridgehead atoms. The van der Waals surface area contributed by atoms with Gasteiger partial charge in [-0.3, -0.25) is 0 Å². The van der Waals surface area contributed by atoms with E-state index in [2.05, 4.69) is 433 Å². The molecule has 3 nitrogen and oxygen atoms in total. The Hall–Kier alpha value is -14.9. The molecule has 0 N–H and O–H groups in total. The van der Waals surface area contributed by atoms with Gasteiger partial charge in [-0.2, -0.15) is 0 Å². The predicted molar refractivity (Wildman–Crippen MR) is 486 cm³/mol. The van der Waals surface area contributed by atoms with Gasteiger partial charge in [-0.1, -0.05) is 315 Å². The van der Waals surface area contributed by atoms with Gasteiger partial charge in [0.1, 0.15) is 0 Å². The van der Waals surface area contributed by atoms with Gasteiger partial charge in [-0.15, -0.1) is 0 Å². The molecule has 0 saturated carbocycles. The zero-order chi connectivity index (χ0) is 76.1. The number of para-hydroxylation sites is 2. The Morgan fingerprint density at radius 3 is 1.03 bits per heavy atom. The molecule has 0 fully saturated rings. The standard InChI is InChI=1S/C113H71N3/c1-2-96-78(79-29-10-18-42-97(79)112(96)98-43-19-11-30-80(98)81-31-12-20-44-99(81)112)41-26-64-114-104-48-24-16-35-86(104)92-65-72(52-60-105(92)114)74-54-62-108-94(67-74)95-68-75(55-63-109(95)115(108)76-56-50-71(51-57-76)111-90-39-8-6-37-88(90)110(70-27-4-3-5-28-70)89-38-7-9-40-91(89)111)73-53-61-107-93(66-73)87-36-17-25-49-106(87)116(107)77-58-59-85-84-34-15-23-47-102(84)113(103(85)69-77)100-45-21-13-32-82(100)83-33-14-22-46-101(83)113/h2-69H,1H3/b64-26+,78-41-,96-2+. The van der Waals surface area contributed by atoms with Gasteiger partial charge in [0.2, 0.25) is 0 Å². The molecule has 3 aromatic heterocycles. The van der Waals surface area contributed by atoms with Crippen molar-refractivity contribution < 1.29 is 0 Å². The summed E-state index contributed by atoms with van der Waals surface area (Å²) in [6, 6.07) is 146.